The minimum Gasteiger partial charge on any atom is -0.307 e. The maximum absolute atomic E-state index is 12.3. The van der Waals surface area contributed by atoms with Crippen LogP contribution in [0, 0.1) is 0 Å². The van der Waals surface area contributed by atoms with E-state index in [0.29, 0.717) is 12.6 Å². The first-order valence-corrected chi connectivity index (χ1v) is 13.2. The van der Waals surface area contributed by atoms with E-state index in [9.17, 15) is 4.79 Å². The summed E-state index contributed by atoms with van der Waals surface area (Å²) in [6.45, 7) is 9.99. The molecule has 5 rings (SSSR count). The van der Waals surface area contributed by atoms with E-state index < -0.39 is 0 Å². The molecule has 0 bridgehead atoms. The predicted octanol–water partition coefficient (Wildman–Crippen LogP) is 5.55. The van der Waals surface area contributed by atoms with Crippen LogP contribution in [0.5, 0.6) is 0 Å². The third-order valence-corrected chi connectivity index (χ3v) is 7.58. The predicted molar refractivity (Wildman–Crippen MR) is 147 cm³/mol. The Morgan fingerprint density at radius 3 is 2.19 bits per heavy atom. The summed E-state index contributed by atoms with van der Waals surface area (Å²) >= 11 is 0. The van der Waals surface area contributed by atoms with Crippen LogP contribution in [0.2, 0.25) is 0 Å². The Morgan fingerprint density at radius 1 is 0.889 bits per heavy atom. The molecule has 5 heteroatoms. The number of unbranched alkanes of at least 4 members (excludes halogenated alkanes) is 3. The van der Waals surface area contributed by atoms with Crippen LogP contribution >= 0.6 is 0 Å². The van der Waals surface area contributed by atoms with Crippen molar-refractivity contribution in [3.63, 3.8) is 0 Å². The number of benzene rings is 2. The van der Waals surface area contributed by atoms with Gasteiger partial charge in [0.05, 0.1) is 17.9 Å². The summed E-state index contributed by atoms with van der Waals surface area (Å²) in [5, 5.41) is 0. The molecule has 1 amide bonds. The molecule has 0 spiro atoms. The van der Waals surface area contributed by atoms with Crippen molar-refractivity contribution in [1.82, 2.24) is 14.8 Å². The van der Waals surface area contributed by atoms with Gasteiger partial charge in [-0.25, -0.2) is 0 Å². The molecule has 0 saturated carbocycles. The second-order valence-corrected chi connectivity index (χ2v) is 9.77. The zero-order valence-corrected chi connectivity index (χ0v) is 21.1. The van der Waals surface area contributed by atoms with Crippen LogP contribution in [-0.4, -0.2) is 60.0 Å². The Balaban J connectivity index is 1.06. The fourth-order valence-corrected chi connectivity index (χ4v) is 5.72. The molecule has 0 unspecified atom stereocenters. The van der Waals surface area contributed by atoms with E-state index in [1.165, 1.54) is 41.2 Å². The van der Waals surface area contributed by atoms with Gasteiger partial charge in [0.2, 0.25) is 5.91 Å². The van der Waals surface area contributed by atoms with Gasteiger partial charge in [-0.3, -0.25) is 14.7 Å². The summed E-state index contributed by atoms with van der Waals surface area (Å²) in [5.74, 6) is -0.0617. The molecule has 1 aliphatic heterocycles. The molecule has 1 saturated heterocycles. The number of rotatable bonds is 10. The highest BCUT2D eigenvalue weighted by Crippen LogP contribution is 2.46. The third kappa shape index (κ3) is 5.28. The minimum absolute atomic E-state index is 0.0617. The SMILES string of the molecule is C=CC(=O)N(CCCCCCN1CCN(C2c3ccccc3-c3ccccc32)CC1)c1cccnc1. The molecule has 0 radical (unpaired) electrons. The first-order valence-electron chi connectivity index (χ1n) is 13.2. The molecule has 2 aliphatic rings. The maximum Gasteiger partial charge on any atom is 0.250 e. The largest absolute Gasteiger partial charge is 0.307 e. The van der Waals surface area contributed by atoms with Gasteiger partial charge in [0.25, 0.3) is 0 Å². The van der Waals surface area contributed by atoms with Crippen molar-refractivity contribution in [3.05, 3.63) is 96.8 Å². The molecule has 1 aromatic heterocycles. The normalized spacial score (nSPS) is 15.9. The summed E-state index contributed by atoms with van der Waals surface area (Å²) in [5.41, 5.74) is 6.56. The van der Waals surface area contributed by atoms with Gasteiger partial charge in [-0.2, -0.15) is 0 Å². The lowest BCUT2D eigenvalue weighted by atomic mass is 10.0. The van der Waals surface area contributed by atoms with Gasteiger partial charge in [-0.1, -0.05) is 68.0 Å². The highest BCUT2D eigenvalue weighted by atomic mass is 16.2. The fourth-order valence-electron chi connectivity index (χ4n) is 5.72. The smallest absolute Gasteiger partial charge is 0.250 e. The van der Waals surface area contributed by atoms with Crippen LogP contribution in [0.25, 0.3) is 11.1 Å². The highest BCUT2D eigenvalue weighted by Gasteiger charge is 2.33. The topological polar surface area (TPSA) is 39.7 Å². The average molecular weight is 481 g/mol. The van der Waals surface area contributed by atoms with Crippen molar-refractivity contribution < 1.29 is 4.79 Å². The number of amides is 1. The second-order valence-electron chi connectivity index (χ2n) is 9.77. The first-order chi connectivity index (χ1) is 17.8. The molecule has 2 heterocycles. The van der Waals surface area contributed by atoms with Gasteiger partial charge >= 0.3 is 0 Å². The third-order valence-electron chi connectivity index (χ3n) is 7.58. The number of aromatic nitrogens is 1. The van der Waals surface area contributed by atoms with Gasteiger partial charge in [0, 0.05) is 38.9 Å². The van der Waals surface area contributed by atoms with Crippen LogP contribution in [0.15, 0.2) is 85.7 Å². The zero-order chi connectivity index (χ0) is 24.7. The lowest BCUT2D eigenvalue weighted by Gasteiger charge is -2.38. The summed E-state index contributed by atoms with van der Waals surface area (Å²) in [4.78, 5) is 23.5. The van der Waals surface area contributed by atoms with Crippen molar-refractivity contribution in [2.75, 3.05) is 44.2 Å². The van der Waals surface area contributed by atoms with E-state index in [0.717, 1.165) is 51.3 Å². The van der Waals surface area contributed by atoms with Crippen LogP contribution in [0.3, 0.4) is 0 Å². The highest BCUT2D eigenvalue weighted by molar-refractivity contribution is 6.00. The molecule has 3 aromatic rings. The van der Waals surface area contributed by atoms with Crippen LogP contribution in [-0.2, 0) is 4.79 Å². The number of fused-ring (bicyclic) bond motifs is 3. The van der Waals surface area contributed by atoms with Crippen molar-refractivity contribution in [2.45, 2.75) is 31.7 Å². The zero-order valence-electron chi connectivity index (χ0n) is 21.1. The van der Waals surface area contributed by atoms with E-state index >= 15 is 0 Å². The number of carbonyl (C=O) groups is 1. The molecule has 186 valence electrons. The van der Waals surface area contributed by atoms with Crippen molar-refractivity contribution >= 4 is 11.6 Å². The Labute approximate surface area is 215 Å². The van der Waals surface area contributed by atoms with Crippen LogP contribution in [0.1, 0.15) is 42.9 Å². The number of anilines is 1. The Bertz CT molecular complexity index is 1120. The van der Waals surface area contributed by atoms with Crippen LogP contribution in [0.4, 0.5) is 5.69 Å². The molecule has 5 nitrogen and oxygen atoms in total. The first kappa shape index (κ1) is 24.4. The van der Waals surface area contributed by atoms with E-state index in [2.05, 4.69) is 69.9 Å². The number of nitrogens with zero attached hydrogens (tertiary/aromatic N) is 4. The molecule has 0 atom stereocenters. The minimum atomic E-state index is -0.0617. The van der Waals surface area contributed by atoms with E-state index in [4.69, 9.17) is 0 Å². The molecule has 1 aliphatic carbocycles. The fraction of sp³-hybridized carbons (Fsp3) is 0.355. The second kappa shape index (κ2) is 11.6. The van der Waals surface area contributed by atoms with Gasteiger partial charge in [0.15, 0.2) is 0 Å². The lowest BCUT2D eigenvalue weighted by molar-refractivity contribution is -0.114. The van der Waals surface area contributed by atoms with Crippen molar-refractivity contribution in [1.29, 1.82) is 0 Å². The van der Waals surface area contributed by atoms with Gasteiger partial charge in [-0.15, -0.1) is 0 Å². The molecular weight excluding hydrogens is 444 g/mol. The van der Waals surface area contributed by atoms with Gasteiger partial charge < -0.3 is 9.80 Å². The number of carbonyl (C=O) groups excluding carboxylic acids is 1. The maximum atomic E-state index is 12.3. The van der Waals surface area contributed by atoms with Crippen molar-refractivity contribution in [3.8, 4) is 11.1 Å². The van der Waals surface area contributed by atoms with E-state index in [1.807, 2.05) is 12.1 Å². The lowest BCUT2D eigenvalue weighted by Crippen LogP contribution is -2.47. The van der Waals surface area contributed by atoms with Gasteiger partial charge in [-0.05, 0) is 59.8 Å². The Morgan fingerprint density at radius 2 is 1.56 bits per heavy atom. The molecule has 2 aromatic carbocycles. The Hall–Kier alpha value is -3.28. The number of pyridine rings is 1. The number of hydrogen-bond donors (Lipinski definition) is 0. The summed E-state index contributed by atoms with van der Waals surface area (Å²) in [6.07, 6.45) is 9.36. The van der Waals surface area contributed by atoms with Crippen molar-refractivity contribution in [2.24, 2.45) is 0 Å². The van der Waals surface area contributed by atoms with Crippen LogP contribution < -0.4 is 4.90 Å². The monoisotopic (exact) mass is 480 g/mol. The molecular formula is C31H36N4O. The van der Waals surface area contributed by atoms with E-state index in [-0.39, 0.29) is 5.91 Å². The molecule has 36 heavy (non-hydrogen) atoms. The number of hydrogen-bond acceptors (Lipinski definition) is 4. The standard InChI is InChI=1S/C31H36N4O/c1-2-30(36)35(25-12-11-17-32-24-25)19-10-4-3-9-18-33-20-22-34(23-21-33)31-28-15-7-5-13-26(28)27-14-6-8-16-29(27)31/h2,5-8,11-17,24,31H,1,3-4,9-10,18-23H2. The average Bonchev–Trinajstić information content (AvgIpc) is 3.27. The molecule has 0 N–H and O–H groups in total. The Kier molecular flexibility index (Phi) is 7.89. The summed E-state index contributed by atoms with van der Waals surface area (Å²) < 4.78 is 0. The summed E-state index contributed by atoms with van der Waals surface area (Å²) in [6, 6.07) is 22.0. The van der Waals surface area contributed by atoms with Gasteiger partial charge in [0.1, 0.15) is 0 Å². The summed E-state index contributed by atoms with van der Waals surface area (Å²) in [7, 11) is 0. The molecule has 1 fully saturated rings. The van der Waals surface area contributed by atoms with E-state index in [1.54, 1.807) is 17.3 Å². The number of piperazine rings is 1. The quantitative estimate of drug-likeness (QED) is 0.282.